The van der Waals surface area contributed by atoms with Crippen molar-refractivity contribution in [3.8, 4) is 5.75 Å². The van der Waals surface area contributed by atoms with Crippen molar-refractivity contribution >= 4 is 5.97 Å². The van der Waals surface area contributed by atoms with Crippen molar-refractivity contribution in [2.45, 2.75) is 32.8 Å². The van der Waals surface area contributed by atoms with Gasteiger partial charge in [0.05, 0.1) is 5.56 Å². The van der Waals surface area contributed by atoms with Gasteiger partial charge in [-0.1, -0.05) is 45.0 Å². The fourth-order valence-corrected chi connectivity index (χ4v) is 1.96. The standard InChI is InChI=1S/C18H20O3/c1-18(2,3)15-8-4-13(5-9-15)12-21-16-10-6-14(7-11-16)17(19)20/h4-11H,12H2,1-3H3,(H,19,20). The van der Waals surface area contributed by atoms with Gasteiger partial charge in [-0.05, 0) is 40.8 Å². The van der Waals surface area contributed by atoms with Crippen molar-refractivity contribution in [3.05, 3.63) is 65.2 Å². The summed E-state index contributed by atoms with van der Waals surface area (Å²) in [6.45, 7) is 7.02. The monoisotopic (exact) mass is 284 g/mol. The van der Waals surface area contributed by atoms with Crippen LogP contribution in [0.5, 0.6) is 5.75 Å². The van der Waals surface area contributed by atoms with Gasteiger partial charge >= 0.3 is 5.97 Å². The smallest absolute Gasteiger partial charge is 0.335 e. The summed E-state index contributed by atoms with van der Waals surface area (Å²) < 4.78 is 5.66. The lowest BCUT2D eigenvalue weighted by molar-refractivity contribution is 0.0697. The van der Waals surface area contributed by atoms with Crippen molar-refractivity contribution in [3.63, 3.8) is 0 Å². The van der Waals surface area contributed by atoms with Crippen LogP contribution in [0.15, 0.2) is 48.5 Å². The molecule has 1 N–H and O–H groups in total. The Kier molecular flexibility index (Phi) is 4.32. The molecule has 3 heteroatoms. The van der Waals surface area contributed by atoms with Crippen LogP contribution >= 0.6 is 0 Å². The molecule has 3 nitrogen and oxygen atoms in total. The van der Waals surface area contributed by atoms with Crippen LogP contribution in [0.25, 0.3) is 0 Å². The number of hydrogen-bond donors (Lipinski definition) is 1. The third kappa shape index (κ3) is 4.09. The first-order valence-electron chi connectivity index (χ1n) is 6.92. The van der Waals surface area contributed by atoms with E-state index in [0.717, 1.165) is 5.56 Å². The van der Waals surface area contributed by atoms with Gasteiger partial charge in [0, 0.05) is 0 Å². The van der Waals surface area contributed by atoms with Gasteiger partial charge in [-0.3, -0.25) is 0 Å². The molecule has 21 heavy (non-hydrogen) atoms. The summed E-state index contributed by atoms with van der Waals surface area (Å²) in [7, 11) is 0. The predicted octanol–water partition coefficient (Wildman–Crippen LogP) is 4.26. The van der Waals surface area contributed by atoms with E-state index in [4.69, 9.17) is 9.84 Å². The summed E-state index contributed by atoms with van der Waals surface area (Å²) in [4.78, 5) is 10.8. The highest BCUT2D eigenvalue weighted by Crippen LogP contribution is 2.22. The number of carbonyl (C=O) groups is 1. The lowest BCUT2D eigenvalue weighted by Crippen LogP contribution is -2.10. The average molecular weight is 284 g/mol. The summed E-state index contributed by atoms with van der Waals surface area (Å²) in [5, 5.41) is 8.83. The van der Waals surface area contributed by atoms with E-state index in [0.29, 0.717) is 12.4 Å². The molecule has 0 heterocycles. The number of aromatic carboxylic acids is 1. The second kappa shape index (κ2) is 6.00. The van der Waals surface area contributed by atoms with Gasteiger partial charge in [0.15, 0.2) is 0 Å². The van der Waals surface area contributed by atoms with E-state index in [2.05, 4.69) is 45.0 Å². The number of benzene rings is 2. The van der Waals surface area contributed by atoms with Crippen molar-refractivity contribution < 1.29 is 14.6 Å². The lowest BCUT2D eigenvalue weighted by Gasteiger charge is -2.19. The second-order valence-corrected chi connectivity index (χ2v) is 6.07. The highest BCUT2D eigenvalue weighted by molar-refractivity contribution is 5.87. The van der Waals surface area contributed by atoms with Gasteiger partial charge in [-0.2, -0.15) is 0 Å². The summed E-state index contributed by atoms with van der Waals surface area (Å²) in [6.07, 6.45) is 0. The highest BCUT2D eigenvalue weighted by Gasteiger charge is 2.12. The highest BCUT2D eigenvalue weighted by atomic mass is 16.5. The molecule has 0 aliphatic rings. The minimum absolute atomic E-state index is 0.145. The van der Waals surface area contributed by atoms with Gasteiger partial charge in [0.1, 0.15) is 12.4 Å². The third-order valence-corrected chi connectivity index (χ3v) is 3.33. The maximum Gasteiger partial charge on any atom is 0.335 e. The van der Waals surface area contributed by atoms with E-state index in [1.165, 1.54) is 5.56 Å². The Labute approximate surface area is 125 Å². The molecule has 2 aromatic carbocycles. The van der Waals surface area contributed by atoms with E-state index < -0.39 is 5.97 Å². The summed E-state index contributed by atoms with van der Waals surface area (Å²) >= 11 is 0. The minimum atomic E-state index is -0.931. The molecule has 2 aromatic rings. The van der Waals surface area contributed by atoms with Gasteiger partial charge < -0.3 is 9.84 Å². The Morgan fingerprint density at radius 3 is 2.05 bits per heavy atom. The maximum absolute atomic E-state index is 10.8. The number of rotatable bonds is 4. The van der Waals surface area contributed by atoms with E-state index in [-0.39, 0.29) is 11.0 Å². The van der Waals surface area contributed by atoms with Crippen LogP contribution in [-0.4, -0.2) is 11.1 Å². The molecule has 0 radical (unpaired) electrons. The van der Waals surface area contributed by atoms with Crippen molar-refractivity contribution in [2.24, 2.45) is 0 Å². The molecule has 0 unspecified atom stereocenters. The largest absolute Gasteiger partial charge is 0.489 e. The first-order chi connectivity index (χ1) is 9.86. The Morgan fingerprint density at radius 1 is 1.00 bits per heavy atom. The number of ether oxygens (including phenoxy) is 1. The Morgan fingerprint density at radius 2 is 1.57 bits per heavy atom. The van der Waals surface area contributed by atoms with E-state index in [1.807, 2.05) is 0 Å². The van der Waals surface area contributed by atoms with Gasteiger partial charge in [-0.25, -0.2) is 4.79 Å². The SMILES string of the molecule is CC(C)(C)c1ccc(COc2ccc(C(=O)O)cc2)cc1. The minimum Gasteiger partial charge on any atom is -0.489 e. The topological polar surface area (TPSA) is 46.5 Å². The van der Waals surface area contributed by atoms with Crippen LogP contribution in [0.1, 0.15) is 42.3 Å². The Bertz CT molecular complexity index is 604. The molecule has 0 saturated carbocycles. The molecule has 0 aliphatic carbocycles. The van der Waals surface area contributed by atoms with Crippen LogP contribution in [0.3, 0.4) is 0 Å². The molecule has 0 atom stereocenters. The first-order valence-corrected chi connectivity index (χ1v) is 6.92. The van der Waals surface area contributed by atoms with Crippen LogP contribution in [0.2, 0.25) is 0 Å². The molecule has 0 bridgehead atoms. The lowest BCUT2D eigenvalue weighted by atomic mass is 9.87. The van der Waals surface area contributed by atoms with Crippen molar-refractivity contribution in [1.82, 2.24) is 0 Å². The van der Waals surface area contributed by atoms with Crippen LogP contribution in [-0.2, 0) is 12.0 Å². The van der Waals surface area contributed by atoms with E-state index in [1.54, 1.807) is 24.3 Å². The number of hydrogen-bond acceptors (Lipinski definition) is 2. The van der Waals surface area contributed by atoms with Gasteiger partial charge in [-0.15, -0.1) is 0 Å². The van der Waals surface area contributed by atoms with Crippen LogP contribution < -0.4 is 4.74 Å². The quantitative estimate of drug-likeness (QED) is 0.912. The maximum atomic E-state index is 10.8. The van der Waals surface area contributed by atoms with Crippen LogP contribution in [0, 0.1) is 0 Å². The number of carboxylic acids is 1. The van der Waals surface area contributed by atoms with E-state index >= 15 is 0 Å². The summed E-state index contributed by atoms with van der Waals surface area (Å²) in [6, 6.07) is 14.8. The molecule has 0 fully saturated rings. The third-order valence-electron chi connectivity index (χ3n) is 3.33. The molecule has 0 saturated heterocycles. The van der Waals surface area contributed by atoms with Crippen molar-refractivity contribution in [2.75, 3.05) is 0 Å². The first kappa shape index (κ1) is 15.1. The predicted molar refractivity (Wildman–Crippen MR) is 82.9 cm³/mol. The van der Waals surface area contributed by atoms with Crippen LogP contribution in [0.4, 0.5) is 0 Å². The Hall–Kier alpha value is -2.29. The van der Waals surface area contributed by atoms with Gasteiger partial charge in [0.2, 0.25) is 0 Å². The zero-order chi connectivity index (χ0) is 15.5. The molecule has 0 spiro atoms. The molecular formula is C18H20O3. The Balaban J connectivity index is 1.98. The fraction of sp³-hybridized carbons (Fsp3) is 0.278. The zero-order valence-electron chi connectivity index (χ0n) is 12.6. The molecule has 2 rings (SSSR count). The van der Waals surface area contributed by atoms with E-state index in [9.17, 15) is 4.79 Å². The molecular weight excluding hydrogens is 264 g/mol. The molecule has 0 aliphatic heterocycles. The zero-order valence-corrected chi connectivity index (χ0v) is 12.6. The number of carboxylic acid groups (broad SMARTS) is 1. The summed E-state index contributed by atoms with van der Waals surface area (Å²) in [5.41, 5.74) is 2.78. The molecule has 110 valence electrons. The molecule has 0 aromatic heterocycles. The fourth-order valence-electron chi connectivity index (χ4n) is 1.96. The van der Waals surface area contributed by atoms with Gasteiger partial charge in [0.25, 0.3) is 0 Å². The normalized spacial score (nSPS) is 11.2. The second-order valence-electron chi connectivity index (χ2n) is 6.07. The molecule has 0 amide bonds. The summed E-state index contributed by atoms with van der Waals surface area (Å²) in [5.74, 6) is -0.265. The average Bonchev–Trinajstić information content (AvgIpc) is 2.45. The van der Waals surface area contributed by atoms with Crippen molar-refractivity contribution in [1.29, 1.82) is 0 Å².